The van der Waals surface area contributed by atoms with E-state index in [4.69, 9.17) is 4.42 Å². The number of furan rings is 1. The maximum absolute atomic E-state index is 13.5. The van der Waals surface area contributed by atoms with Crippen molar-refractivity contribution in [3.8, 4) is 0 Å². The van der Waals surface area contributed by atoms with Gasteiger partial charge in [0.1, 0.15) is 10.7 Å². The summed E-state index contributed by atoms with van der Waals surface area (Å²) in [5, 5.41) is 23.5. The predicted octanol–water partition coefficient (Wildman–Crippen LogP) is 2.85. The first-order valence-corrected chi connectivity index (χ1v) is 5.38. The molecule has 1 aromatic carbocycles. The zero-order valence-electron chi connectivity index (χ0n) is 9.91. The van der Waals surface area contributed by atoms with Gasteiger partial charge in [0.05, 0.1) is 29.3 Å². The summed E-state index contributed by atoms with van der Waals surface area (Å²) >= 11 is 0. The predicted molar refractivity (Wildman–Crippen MR) is 65.7 cm³/mol. The molecule has 0 aliphatic carbocycles. The Labute approximate surface area is 111 Å². The van der Waals surface area contributed by atoms with Crippen molar-refractivity contribution in [2.45, 2.75) is 6.54 Å². The van der Waals surface area contributed by atoms with Crippen LogP contribution in [0.2, 0.25) is 0 Å². The van der Waals surface area contributed by atoms with E-state index in [0.29, 0.717) is 0 Å². The fourth-order valence-electron chi connectivity index (χ4n) is 1.50. The molecule has 2 rings (SSSR count). The summed E-state index contributed by atoms with van der Waals surface area (Å²) in [5.74, 6) is -0.958. The van der Waals surface area contributed by atoms with Crippen LogP contribution < -0.4 is 5.32 Å². The summed E-state index contributed by atoms with van der Waals surface area (Å²) in [6.45, 7) is 0.0164. The topological polar surface area (TPSA) is 111 Å². The van der Waals surface area contributed by atoms with E-state index in [1.165, 1.54) is 18.2 Å². The third-order valence-corrected chi connectivity index (χ3v) is 2.44. The Morgan fingerprint density at radius 1 is 1.15 bits per heavy atom. The van der Waals surface area contributed by atoms with Crippen LogP contribution in [0, 0.1) is 26.0 Å². The number of hydrogen-bond donors (Lipinski definition) is 1. The Morgan fingerprint density at radius 2 is 1.90 bits per heavy atom. The average molecular weight is 281 g/mol. The van der Waals surface area contributed by atoms with Gasteiger partial charge in [0.15, 0.2) is 5.82 Å². The van der Waals surface area contributed by atoms with Gasteiger partial charge in [-0.25, -0.2) is 4.39 Å². The van der Waals surface area contributed by atoms with Crippen molar-refractivity contribution in [3.63, 3.8) is 0 Å². The number of nitro benzene ring substituents is 1. The van der Waals surface area contributed by atoms with Crippen LogP contribution in [0.15, 0.2) is 34.7 Å². The van der Waals surface area contributed by atoms with Crippen LogP contribution in [0.1, 0.15) is 5.76 Å². The fourth-order valence-corrected chi connectivity index (χ4v) is 1.50. The minimum atomic E-state index is -0.791. The SMILES string of the molecule is O=[N+]([O-])c1ccc(NCc2ccc([N+](=O)[O-])o2)c(F)c1. The lowest BCUT2D eigenvalue weighted by Crippen LogP contribution is -2.01. The summed E-state index contributed by atoms with van der Waals surface area (Å²) in [5.41, 5.74) is -0.323. The molecule has 1 heterocycles. The van der Waals surface area contributed by atoms with Gasteiger partial charge in [-0.2, -0.15) is 0 Å². The van der Waals surface area contributed by atoms with Gasteiger partial charge >= 0.3 is 5.88 Å². The first-order chi connectivity index (χ1) is 9.47. The Hall–Kier alpha value is -2.97. The lowest BCUT2D eigenvalue weighted by molar-refractivity contribution is -0.402. The first kappa shape index (κ1) is 13.5. The number of halogens is 1. The molecule has 8 nitrogen and oxygen atoms in total. The fraction of sp³-hybridized carbons (Fsp3) is 0.0909. The van der Waals surface area contributed by atoms with Gasteiger partial charge < -0.3 is 9.73 Å². The number of benzene rings is 1. The van der Waals surface area contributed by atoms with Crippen molar-refractivity contribution in [1.82, 2.24) is 0 Å². The second-order valence-corrected chi connectivity index (χ2v) is 3.77. The molecule has 0 aliphatic rings. The highest BCUT2D eigenvalue weighted by Crippen LogP contribution is 2.22. The van der Waals surface area contributed by atoms with Crippen LogP contribution in [0.5, 0.6) is 0 Å². The molecule has 0 radical (unpaired) electrons. The van der Waals surface area contributed by atoms with Crippen molar-refractivity contribution in [1.29, 1.82) is 0 Å². The van der Waals surface area contributed by atoms with Crippen LogP contribution in [-0.2, 0) is 6.54 Å². The highest BCUT2D eigenvalue weighted by atomic mass is 19.1. The first-order valence-electron chi connectivity index (χ1n) is 5.38. The standard InChI is InChI=1S/C11H8FN3O5/c12-9-5-7(14(16)17)1-3-10(9)13-6-8-2-4-11(20-8)15(18)19/h1-5,13H,6H2. The number of nitrogens with one attached hydrogen (secondary N) is 1. The summed E-state index contributed by atoms with van der Waals surface area (Å²) in [6, 6.07) is 5.71. The Bertz CT molecular complexity index is 670. The molecule has 0 aliphatic heterocycles. The van der Waals surface area contributed by atoms with E-state index in [-0.39, 0.29) is 23.7 Å². The quantitative estimate of drug-likeness (QED) is 0.666. The van der Waals surface area contributed by atoms with E-state index in [1.54, 1.807) is 0 Å². The molecule has 0 saturated heterocycles. The number of nitro groups is 2. The van der Waals surface area contributed by atoms with E-state index in [1.807, 2.05) is 0 Å². The summed E-state index contributed by atoms with van der Waals surface area (Å²) in [6.07, 6.45) is 0. The molecule has 0 fully saturated rings. The van der Waals surface area contributed by atoms with Crippen LogP contribution in [0.3, 0.4) is 0 Å². The molecule has 104 valence electrons. The van der Waals surface area contributed by atoms with E-state index in [9.17, 15) is 24.6 Å². The van der Waals surface area contributed by atoms with E-state index in [0.717, 1.165) is 12.1 Å². The number of anilines is 1. The Morgan fingerprint density at radius 3 is 2.45 bits per heavy atom. The van der Waals surface area contributed by atoms with Crippen LogP contribution in [-0.4, -0.2) is 9.85 Å². The Balaban J connectivity index is 2.06. The van der Waals surface area contributed by atoms with Crippen molar-refractivity contribution < 1.29 is 18.7 Å². The molecular formula is C11H8FN3O5. The number of rotatable bonds is 5. The third-order valence-electron chi connectivity index (χ3n) is 2.44. The number of non-ortho nitro benzene ring substituents is 1. The second kappa shape index (κ2) is 5.34. The monoisotopic (exact) mass is 281 g/mol. The maximum atomic E-state index is 13.5. The molecule has 0 amide bonds. The van der Waals surface area contributed by atoms with Crippen LogP contribution in [0.4, 0.5) is 21.6 Å². The number of hydrogen-bond acceptors (Lipinski definition) is 6. The zero-order chi connectivity index (χ0) is 14.7. The van der Waals surface area contributed by atoms with Crippen LogP contribution >= 0.6 is 0 Å². The van der Waals surface area contributed by atoms with Crippen LogP contribution in [0.25, 0.3) is 0 Å². The van der Waals surface area contributed by atoms with Crippen molar-refractivity contribution in [3.05, 3.63) is 62.1 Å². The minimum absolute atomic E-state index is 0.0164. The van der Waals surface area contributed by atoms with E-state index >= 15 is 0 Å². The molecule has 0 saturated carbocycles. The van der Waals surface area contributed by atoms with Gasteiger partial charge in [-0.3, -0.25) is 20.2 Å². The minimum Gasteiger partial charge on any atom is -0.404 e. The summed E-state index contributed by atoms with van der Waals surface area (Å²) in [4.78, 5) is 19.5. The highest BCUT2D eigenvalue weighted by Gasteiger charge is 2.13. The van der Waals surface area contributed by atoms with Crippen molar-refractivity contribution in [2.24, 2.45) is 0 Å². The molecule has 0 unspecified atom stereocenters. The average Bonchev–Trinajstić information content (AvgIpc) is 2.86. The smallest absolute Gasteiger partial charge is 0.404 e. The summed E-state index contributed by atoms with van der Waals surface area (Å²) in [7, 11) is 0. The molecule has 20 heavy (non-hydrogen) atoms. The van der Waals surface area contributed by atoms with Crippen molar-refractivity contribution >= 4 is 17.3 Å². The molecule has 1 aromatic heterocycles. The second-order valence-electron chi connectivity index (χ2n) is 3.77. The lowest BCUT2D eigenvalue weighted by Gasteiger charge is -2.05. The van der Waals surface area contributed by atoms with Gasteiger partial charge in [0.25, 0.3) is 5.69 Å². The molecule has 1 N–H and O–H groups in total. The third kappa shape index (κ3) is 2.88. The van der Waals surface area contributed by atoms with Gasteiger partial charge in [-0.15, -0.1) is 0 Å². The molecule has 0 bridgehead atoms. The highest BCUT2D eigenvalue weighted by molar-refractivity contribution is 5.50. The molecular weight excluding hydrogens is 273 g/mol. The molecule has 2 aromatic rings. The lowest BCUT2D eigenvalue weighted by atomic mass is 10.2. The zero-order valence-corrected chi connectivity index (χ0v) is 9.91. The van der Waals surface area contributed by atoms with Gasteiger partial charge in [-0.1, -0.05) is 0 Å². The van der Waals surface area contributed by atoms with Crippen molar-refractivity contribution in [2.75, 3.05) is 5.32 Å². The number of nitrogens with zero attached hydrogens (tertiary/aromatic N) is 2. The van der Waals surface area contributed by atoms with Gasteiger partial charge in [-0.05, 0) is 12.1 Å². The van der Waals surface area contributed by atoms with E-state index in [2.05, 4.69) is 5.32 Å². The molecule has 0 spiro atoms. The normalized spacial score (nSPS) is 10.2. The van der Waals surface area contributed by atoms with Gasteiger partial charge in [0, 0.05) is 6.07 Å². The largest absolute Gasteiger partial charge is 0.433 e. The Kier molecular flexibility index (Phi) is 3.60. The molecule has 9 heteroatoms. The molecule has 0 atom stereocenters. The summed E-state index contributed by atoms with van der Waals surface area (Å²) < 4.78 is 18.4. The van der Waals surface area contributed by atoms with E-state index < -0.39 is 21.5 Å². The van der Waals surface area contributed by atoms with Gasteiger partial charge in [0.2, 0.25) is 0 Å². The maximum Gasteiger partial charge on any atom is 0.433 e.